The van der Waals surface area contributed by atoms with E-state index in [0.717, 1.165) is 18.5 Å². The molecule has 3 aromatic heterocycles. The van der Waals surface area contributed by atoms with E-state index < -0.39 is 41.1 Å². The maximum absolute atomic E-state index is 13.5. The van der Waals surface area contributed by atoms with Crippen LogP contribution in [0.15, 0.2) is 85.3 Å². The third-order valence-corrected chi connectivity index (χ3v) is 5.97. The lowest BCUT2D eigenvalue weighted by Gasteiger charge is -2.15. The fourth-order valence-corrected chi connectivity index (χ4v) is 3.93. The van der Waals surface area contributed by atoms with Crippen LogP contribution >= 0.6 is 0 Å². The quantitative estimate of drug-likeness (QED) is 0.170. The predicted octanol–water partition coefficient (Wildman–Crippen LogP) is 7.52. The van der Waals surface area contributed by atoms with Crippen LogP contribution in [0.25, 0.3) is 16.8 Å². The number of aromatic nitrogens is 4. The minimum Gasteiger partial charge on any atom is -0.439 e. The van der Waals surface area contributed by atoms with Crippen molar-refractivity contribution in [2.45, 2.75) is 12.4 Å². The molecule has 0 bridgehead atoms. The standard InChI is InChI=1S/C28H18F7N7O2/c29-17-12-20(25(36)38-13-17)15-1-5-19(6-2-15)44-24-8-4-18(14-37-24)39-26(43)40-21-11-16(27(30,31)32)3-7-22(21)42-10-9-23(41-42)28(33,34)35/h1-14H,(H2,36,38)(H2,39,40,43). The molecule has 0 spiro atoms. The Morgan fingerprint density at radius 2 is 1.59 bits per heavy atom. The van der Waals surface area contributed by atoms with Crippen molar-refractivity contribution in [2.24, 2.45) is 0 Å². The molecule has 0 aliphatic heterocycles. The first-order valence-corrected chi connectivity index (χ1v) is 12.3. The van der Waals surface area contributed by atoms with Gasteiger partial charge in [-0.2, -0.15) is 31.4 Å². The van der Waals surface area contributed by atoms with Gasteiger partial charge in [0.2, 0.25) is 5.88 Å². The van der Waals surface area contributed by atoms with Crippen molar-refractivity contribution >= 4 is 23.2 Å². The van der Waals surface area contributed by atoms with E-state index in [4.69, 9.17) is 10.5 Å². The second kappa shape index (κ2) is 11.5. The molecule has 0 atom stereocenters. The van der Waals surface area contributed by atoms with E-state index in [1.807, 2.05) is 0 Å². The van der Waals surface area contributed by atoms with Crippen LogP contribution in [0.2, 0.25) is 0 Å². The highest BCUT2D eigenvalue weighted by molar-refractivity contribution is 6.01. The maximum atomic E-state index is 13.5. The zero-order chi connectivity index (χ0) is 31.6. The van der Waals surface area contributed by atoms with Crippen molar-refractivity contribution in [1.82, 2.24) is 19.7 Å². The van der Waals surface area contributed by atoms with E-state index in [0.29, 0.717) is 39.8 Å². The summed E-state index contributed by atoms with van der Waals surface area (Å²) in [5, 5.41) is 7.94. The Morgan fingerprint density at radius 3 is 2.23 bits per heavy atom. The number of nitrogens with one attached hydrogen (secondary N) is 2. The van der Waals surface area contributed by atoms with Crippen LogP contribution in [-0.4, -0.2) is 25.8 Å². The fraction of sp³-hybridized carbons (Fsp3) is 0.0714. The molecule has 9 nitrogen and oxygen atoms in total. The number of urea groups is 1. The molecule has 3 heterocycles. The number of carbonyl (C=O) groups is 1. The monoisotopic (exact) mass is 617 g/mol. The van der Waals surface area contributed by atoms with Crippen molar-refractivity contribution in [3.8, 4) is 28.4 Å². The molecule has 44 heavy (non-hydrogen) atoms. The summed E-state index contributed by atoms with van der Waals surface area (Å²) in [6.45, 7) is 0. The average molecular weight is 617 g/mol. The van der Waals surface area contributed by atoms with Gasteiger partial charge in [-0.05, 0) is 54.1 Å². The first-order valence-electron chi connectivity index (χ1n) is 12.3. The number of alkyl halides is 6. The molecule has 0 saturated carbocycles. The molecule has 2 aromatic carbocycles. The normalized spacial score (nSPS) is 11.7. The van der Waals surface area contributed by atoms with Crippen LogP contribution in [0.5, 0.6) is 11.6 Å². The molecule has 0 aliphatic carbocycles. The van der Waals surface area contributed by atoms with Crippen LogP contribution in [-0.2, 0) is 12.4 Å². The number of nitrogens with two attached hydrogens (primary N) is 1. The molecule has 5 rings (SSSR count). The summed E-state index contributed by atoms with van der Waals surface area (Å²) in [7, 11) is 0. The van der Waals surface area contributed by atoms with Crippen molar-refractivity contribution < 1.29 is 40.3 Å². The summed E-state index contributed by atoms with van der Waals surface area (Å²) in [6.07, 6.45) is -6.47. The van der Waals surface area contributed by atoms with Gasteiger partial charge in [0.25, 0.3) is 0 Å². The van der Waals surface area contributed by atoms with E-state index >= 15 is 0 Å². The van der Waals surface area contributed by atoms with Gasteiger partial charge in [0, 0.05) is 17.8 Å². The second-order valence-electron chi connectivity index (χ2n) is 9.05. The van der Waals surface area contributed by atoms with Crippen LogP contribution in [0.4, 0.5) is 52.7 Å². The van der Waals surface area contributed by atoms with Crippen molar-refractivity contribution in [2.75, 3.05) is 16.4 Å². The van der Waals surface area contributed by atoms with Crippen LogP contribution in [0.3, 0.4) is 0 Å². The third kappa shape index (κ3) is 6.86. The zero-order valence-corrected chi connectivity index (χ0v) is 21.9. The highest BCUT2D eigenvalue weighted by Gasteiger charge is 2.34. The molecule has 2 amide bonds. The molecular formula is C28H18F7N7O2. The topological polar surface area (TPSA) is 120 Å². The Labute approximate surface area is 243 Å². The Bertz CT molecular complexity index is 1800. The van der Waals surface area contributed by atoms with Gasteiger partial charge in [-0.15, -0.1) is 0 Å². The molecule has 226 valence electrons. The largest absolute Gasteiger partial charge is 0.439 e. The Kier molecular flexibility index (Phi) is 7.82. The molecule has 0 unspecified atom stereocenters. The molecular weight excluding hydrogens is 599 g/mol. The van der Waals surface area contributed by atoms with E-state index in [-0.39, 0.29) is 23.1 Å². The minimum absolute atomic E-state index is 0.117. The lowest BCUT2D eigenvalue weighted by molar-refractivity contribution is -0.141. The predicted molar refractivity (Wildman–Crippen MR) is 145 cm³/mol. The summed E-state index contributed by atoms with van der Waals surface area (Å²) in [5.41, 5.74) is 3.80. The number of hydrogen-bond donors (Lipinski definition) is 3. The summed E-state index contributed by atoms with van der Waals surface area (Å²) in [6, 6.07) is 12.2. The maximum Gasteiger partial charge on any atom is 0.435 e. The molecule has 0 radical (unpaired) electrons. The van der Waals surface area contributed by atoms with Gasteiger partial charge in [0.05, 0.1) is 35.0 Å². The number of rotatable bonds is 6. The van der Waals surface area contributed by atoms with Gasteiger partial charge >= 0.3 is 18.4 Å². The minimum atomic E-state index is -4.79. The number of pyridine rings is 2. The average Bonchev–Trinajstić information content (AvgIpc) is 3.46. The SMILES string of the molecule is Nc1ncc(F)cc1-c1ccc(Oc2ccc(NC(=O)Nc3cc(C(F)(F)F)ccc3-n3ccc(C(F)(F)F)n3)cn2)cc1. The van der Waals surface area contributed by atoms with Gasteiger partial charge in [-0.1, -0.05) is 12.1 Å². The second-order valence-corrected chi connectivity index (χ2v) is 9.05. The number of halogens is 7. The van der Waals surface area contributed by atoms with E-state index in [2.05, 4.69) is 25.7 Å². The summed E-state index contributed by atoms with van der Waals surface area (Å²) < 4.78 is 98.9. The van der Waals surface area contributed by atoms with Gasteiger partial charge in [0.15, 0.2) is 5.69 Å². The molecule has 5 aromatic rings. The van der Waals surface area contributed by atoms with Crippen molar-refractivity contribution in [1.29, 1.82) is 0 Å². The number of benzene rings is 2. The first kappa shape index (κ1) is 29.8. The summed E-state index contributed by atoms with van der Waals surface area (Å²) in [5.74, 6) is 0.0888. The molecule has 0 aliphatic rings. The van der Waals surface area contributed by atoms with Gasteiger partial charge in [-0.3, -0.25) is 0 Å². The lowest BCUT2D eigenvalue weighted by atomic mass is 10.1. The number of nitrogens with zero attached hydrogens (tertiary/aromatic N) is 4. The van der Waals surface area contributed by atoms with Gasteiger partial charge < -0.3 is 21.1 Å². The molecule has 4 N–H and O–H groups in total. The van der Waals surface area contributed by atoms with Crippen LogP contribution < -0.4 is 21.1 Å². The van der Waals surface area contributed by atoms with E-state index in [9.17, 15) is 35.5 Å². The van der Waals surface area contributed by atoms with Crippen LogP contribution in [0, 0.1) is 5.82 Å². The molecule has 16 heteroatoms. The smallest absolute Gasteiger partial charge is 0.435 e. The number of amides is 2. The number of carbonyl (C=O) groups excluding carboxylic acids is 1. The van der Waals surface area contributed by atoms with Crippen LogP contribution in [0.1, 0.15) is 11.3 Å². The number of nitrogen functional groups attached to an aromatic ring is 1. The Balaban J connectivity index is 1.28. The fourth-order valence-electron chi connectivity index (χ4n) is 3.93. The zero-order valence-electron chi connectivity index (χ0n) is 21.9. The van der Waals surface area contributed by atoms with Crippen molar-refractivity contribution in [3.05, 3.63) is 102 Å². The summed E-state index contributed by atoms with van der Waals surface area (Å²) >= 11 is 0. The number of anilines is 3. The first-order chi connectivity index (χ1) is 20.8. The molecule has 0 saturated heterocycles. The molecule has 0 fully saturated rings. The van der Waals surface area contributed by atoms with Gasteiger partial charge in [-0.25, -0.2) is 23.8 Å². The van der Waals surface area contributed by atoms with Gasteiger partial charge in [0.1, 0.15) is 17.4 Å². The van der Waals surface area contributed by atoms with E-state index in [1.165, 1.54) is 24.4 Å². The number of ether oxygens (including phenoxy) is 1. The van der Waals surface area contributed by atoms with E-state index in [1.54, 1.807) is 24.3 Å². The highest BCUT2D eigenvalue weighted by Crippen LogP contribution is 2.35. The number of hydrogen-bond acceptors (Lipinski definition) is 6. The lowest BCUT2D eigenvalue weighted by Crippen LogP contribution is -2.21. The summed E-state index contributed by atoms with van der Waals surface area (Å²) in [4.78, 5) is 20.5. The Morgan fingerprint density at radius 1 is 0.841 bits per heavy atom. The third-order valence-electron chi connectivity index (χ3n) is 5.97. The Hall–Kier alpha value is -5.67. The van der Waals surface area contributed by atoms with Crippen molar-refractivity contribution in [3.63, 3.8) is 0 Å². The highest BCUT2D eigenvalue weighted by atomic mass is 19.4.